The Morgan fingerprint density at radius 3 is 2.55 bits per heavy atom. The second-order valence-corrected chi connectivity index (χ2v) is 5.48. The van der Waals surface area contributed by atoms with E-state index in [1.165, 1.54) is 6.07 Å². The van der Waals surface area contributed by atoms with E-state index in [0.29, 0.717) is 6.07 Å². The number of nitrogens with two attached hydrogens (primary N) is 1. The number of H-pyrrole nitrogens is 1. The van der Waals surface area contributed by atoms with Crippen LogP contribution in [0.25, 0.3) is 0 Å². The molecular weight excluding hydrogens is 297 g/mol. The van der Waals surface area contributed by atoms with Gasteiger partial charge < -0.3 is 5.73 Å². The first-order valence-electron chi connectivity index (χ1n) is 5.19. The van der Waals surface area contributed by atoms with Crippen LogP contribution in [0.2, 0.25) is 0 Å². The zero-order valence-corrected chi connectivity index (χ0v) is 10.6. The summed E-state index contributed by atoms with van der Waals surface area (Å²) in [4.78, 5) is -0.338. The Morgan fingerprint density at radius 2 is 2.00 bits per heavy atom. The summed E-state index contributed by atoms with van der Waals surface area (Å²) in [5.74, 6) is -0.204. The van der Waals surface area contributed by atoms with Crippen molar-refractivity contribution in [3.05, 3.63) is 36.0 Å². The van der Waals surface area contributed by atoms with Gasteiger partial charge in [0.25, 0.3) is 10.0 Å². The fourth-order valence-electron chi connectivity index (χ4n) is 1.47. The van der Waals surface area contributed by atoms with E-state index in [-0.39, 0.29) is 16.4 Å². The molecular formula is C10H9F3N4O2S. The van der Waals surface area contributed by atoms with Crippen LogP contribution in [0.4, 0.5) is 24.7 Å². The topological polar surface area (TPSA) is 101 Å². The second kappa shape index (κ2) is 4.71. The maximum absolute atomic E-state index is 12.5. The molecule has 6 nitrogen and oxygen atoms in total. The quantitative estimate of drug-likeness (QED) is 0.805. The molecule has 0 fully saturated rings. The number of aromatic amines is 1. The van der Waals surface area contributed by atoms with Gasteiger partial charge >= 0.3 is 6.18 Å². The van der Waals surface area contributed by atoms with E-state index >= 15 is 0 Å². The number of anilines is 2. The van der Waals surface area contributed by atoms with Crippen LogP contribution in [0.1, 0.15) is 5.56 Å². The lowest BCUT2D eigenvalue weighted by molar-refractivity contribution is -0.137. The molecule has 2 aromatic rings. The molecule has 0 bridgehead atoms. The monoisotopic (exact) mass is 306 g/mol. The minimum atomic E-state index is -4.56. The van der Waals surface area contributed by atoms with Crippen LogP contribution in [0.5, 0.6) is 0 Å². The Labute approximate surface area is 111 Å². The number of hydrogen-bond acceptors (Lipinski definition) is 4. The molecule has 1 heterocycles. The summed E-state index contributed by atoms with van der Waals surface area (Å²) < 4.78 is 63.4. The molecule has 0 atom stereocenters. The number of alkyl halides is 3. The Bertz CT molecular complexity index is 724. The predicted octanol–water partition coefficient (Wildman–Crippen LogP) is 1.81. The fraction of sp³-hybridized carbons (Fsp3) is 0.100. The summed E-state index contributed by atoms with van der Waals surface area (Å²) in [5, 5.41) is 5.66. The van der Waals surface area contributed by atoms with Crippen LogP contribution in [-0.2, 0) is 16.2 Å². The minimum Gasteiger partial charge on any atom is -0.383 e. The van der Waals surface area contributed by atoms with Gasteiger partial charge in [-0.1, -0.05) is 6.07 Å². The average molecular weight is 306 g/mol. The second-order valence-electron chi connectivity index (χ2n) is 3.83. The van der Waals surface area contributed by atoms with Gasteiger partial charge in [0.05, 0.1) is 11.8 Å². The molecule has 0 radical (unpaired) electrons. The molecule has 0 aliphatic carbocycles. The molecule has 0 saturated heterocycles. The molecule has 4 N–H and O–H groups in total. The fourth-order valence-corrected chi connectivity index (χ4v) is 2.54. The van der Waals surface area contributed by atoms with Crippen LogP contribution in [0, 0.1) is 0 Å². The lowest BCUT2D eigenvalue weighted by Gasteiger charge is -2.10. The van der Waals surface area contributed by atoms with Crippen molar-refractivity contribution in [1.82, 2.24) is 10.2 Å². The van der Waals surface area contributed by atoms with Crippen LogP contribution in [-0.4, -0.2) is 18.6 Å². The van der Waals surface area contributed by atoms with Gasteiger partial charge in [0, 0.05) is 5.69 Å². The van der Waals surface area contributed by atoms with E-state index in [1.807, 2.05) is 4.72 Å². The molecule has 0 amide bonds. The minimum absolute atomic E-state index is 0.204. The third-order valence-corrected chi connectivity index (χ3v) is 3.77. The maximum Gasteiger partial charge on any atom is 0.416 e. The molecule has 20 heavy (non-hydrogen) atoms. The van der Waals surface area contributed by atoms with Gasteiger partial charge in [-0.25, -0.2) is 8.42 Å². The third kappa shape index (κ3) is 2.85. The smallest absolute Gasteiger partial charge is 0.383 e. The lowest BCUT2D eigenvalue weighted by Crippen LogP contribution is -2.14. The molecule has 0 aliphatic heterocycles. The van der Waals surface area contributed by atoms with Gasteiger partial charge in [-0.3, -0.25) is 9.82 Å². The summed E-state index contributed by atoms with van der Waals surface area (Å²) in [6, 6.07) is 3.82. The van der Waals surface area contributed by atoms with Crippen LogP contribution >= 0.6 is 0 Å². The van der Waals surface area contributed by atoms with Crippen molar-refractivity contribution in [2.75, 3.05) is 10.5 Å². The van der Waals surface area contributed by atoms with Gasteiger partial charge in [0.15, 0.2) is 0 Å². The number of nitrogens with zero attached hydrogens (tertiary/aromatic N) is 1. The van der Waals surface area contributed by atoms with E-state index < -0.39 is 21.8 Å². The largest absolute Gasteiger partial charge is 0.416 e. The number of benzene rings is 1. The van der Waals surface area contributed by atoms with Crippen molar-refractivity contribution in [3.63, 3.8) is 0 Å². The van der Waals surface area contributed by atoms with Crippen molar-refractivity contribution < 1.29 is 21.6 Å². The molecule has 108 valence electrons. The normalized spacial score (nSPS) is 12.3. The van der Waals surface area contributed by atoms with E-state index in [0.717, 1.165) is 18.3 Å². The molecule has 10 heteroatoms. The van der Waals surface area contributed by atoms with Gasteiger partial charge in [-0.2, -0.15) is 18.3 Å². The first-order chi connectivity index (χ1) is 9.20. The van der Waals surface area contributed by atoms with Crippen molar-refractivity contribution in [3.8, 4) is 0 Å². The maximum atomic E-state index is 12.5. The summed E-state index contributed by atoms with van der Waals surface area (Å²) in [7, 11) is -4.10. The van der Waals surface area contributed by atoms with Crippen molar-refractivity contribution >= 4 is 21.5 Å². The zero-order chi connectivity index (χ0) is 15.0. The molecule has 2 rings (SSSR count). The number of sulfonamides is 1. The van der Waals surface area contributed by atoms with Crippen molar-refractivity contribution in [2.45, 2.75) is 11.1 Å². The number of nitrogen functional groups attached to an aromatic ring is 1. The number of rotatable bonds is 3. The summed E-state index contributed by atoms with van der Waals surface area (Å²) in [6.07, 6.45) is -3.60. The highest BCUT2D eigenvalue weighted by molar-refractivity contribution is 7.92. The van der Waals surface area contributed by atoms with Gasteiger partial charge in [0.2, 0.25) is 0 Å². The first-order valence-corrected chi connectivity index (χ1v) is 6.67. The summed E-state index contributed by atoms with van der Waals surface area (Å²) in [6.45, 7) is 0. The molecule has 0 spiro atoms. The highest BCUT2D eigenvalue weighted by Crippen LogP contribution is 2.31. The predicted molar refractivity (Wildman–Crippen MR) is 65.3 cm³/mol. The van der Waals surface area contributed by atoms with E-state index in [9.17, 15) is 21.6 Å². The van der Waals surface area contributed by atoms with Crippen molar-refractivity contribution in [1.29, 1.82) is 0 Å². The van der Waals surface area contributed by atoms with Gasteiger partial charge in [-0.15, -0.1) is 0 Å². The van der Waals surface area contributed by atoms with Crippen molar-refractivity contribution in [2.24, 2.45) is 0 Å². The first kappa shape index (κ1) is 14.2. The average Bonchev–Trinajstić information content (AvgIpc) is 2.75. The highest BCUT2D eigenvalue weighted by atomic mass is 32.2. The van der Waals surface area contributed by atoms with E-state index in [4.69, 9.17) is 5.73 Å². The van der Waals surface area contributed by atoms with Crippen LogP contribution in [0.3, 0.4) is 0 Å². The molecule has 0 unspecified atom stereocenters. The number of aromatic nitrogens is 2. The molecule has 0 aliphatic rings. The van der Waals surface area contributed by atoms with Gasteiger partial charge in [-0.05, 0) is 18.2 Å². The molecule has 1 aromatic carbocycles. The lowest BCUT2D eigenvalue weighted by atomic mass is 10.2. The van der Waals surface area contributed by atoms with E-state index in [1.54, 1.807) is 0 Å². The highest BCUT2D eigenvalue weighted by Gasteiger charge is 2.31. The SMILES string of the molecule is Nc1[nH]ncc1S(=O)(=O)Nc1cccc(C(F)(F)F)c1. The number of hydrogen-bond donors (Lipinski definition) is 3. The number of nitrogens with one attached hydrogen (secondary N) is 2. The number of halogens is 3. The third-order valence-electron chi connectivity index (χ3n) is 2.36. The Hall–Kier alpha value is -2.23. The Kier molecular flexibility index (Phi) is 3.34. The van der Waals surface area contributed by atoms with Crippen LogP contribution < -0.4 is 10.5 Å². The molecule has 1 aromatic heterocycles. The van der Waals surface area contributed by atoms with Gasteiger partial charge in [0.1, 0.15) is 10.7 Å². The summed E-state index contributed by atoms with van der Waals surface area (Å²) >= 11 is 0. The Morgan fingerprint density at radius 1 is 1.30 bits per heavy atom. The standard InChI is InChI=1S/C10H9F3N4O2S/c11-10(12,13)6-2-1-3-7(4-6)17-20(18,19)8-5-15-16-9(8)14/h1-5,17H,(H3,14,15,16). The zero-order valence-electron chi connectivity index (χ0n) is 9.77. The van der Waals surface area contributed by atoms with E-state index in [2.05, 4.69) is 10.2 Å². The van der Waals surface area contributed by atoms with Crippen LogP contribution in [0.15, 0.2) is 35.4 Å². The Balaban J connectivity index is 2.34. The molecule has 0 saturated carbocycles. The summed E-state index contributed by atoms with van der Waals surface area (Å²) in [5.41, 5.74) is 4.18.